The molecule has 0 spiro atoms. The van der Waals surface area contributed by atoms with Crippen molar-refractivity contribution in [3.05, 3.63) is 53.6 Å². The van der Waals surface area contributed by atoms with Gasteiger partial charge in [-0.3, -0.25) is 4.79 Å². The van der Waals surface area contributed by atoms with Gasteiger partial charge in [0.1, 0.15) is 5.75 Å². The lowest BCUT2D eigenvalue weighted by Crippen LogP contribution is -2.17. The number of methoxy groups -OCH3 is 1. The molecule has 2 aromatic carbocycles. The second-order valence-electron chi connectivity index (χ2n) is 5.21. The van der Waals surface area contributed by atoms with Crippen molar-refractivity contribution >= 4 is 5.91 Å². The third kappa shape index (κ3) is 3.90. The molecule has 0 saturated heterocycles. The first kappa shape index (κ1) is 17.0. The zero-order valence-electron chi connectivity index (χ0n) is 14.1. The summed E-state index contributed by atoms with van der Waals surface area (Å²) in [5.74, 6) is 0.624. The Labute approximate surface area is 137 Å². The third-order valence-electron chi connectivity index (χ3n) is 3.80. The maximum absolute atomic E-state index is 11.8. The molecule has 1 atom stereocenters. The van der Waals surface area contributed by atoms with E-state index in [2.05, 4.69) is 5.32 Å². The average molecular weight is 313 g/mol. The van der Waals surface area contributed by atoms with Crippen LogP contribution in [0.15, 0.2) is 42.5 Å². The van der Waals surface area contributed by atoms with Crippen LogP contribution in [0.5, 0.6) is 5.75 Å². The predicted molar refractivity (Wildman–Crippen MR) is 91.9 cm³/mol. The van der Waals surface area contributed by atoms with Crippen LogP contribution in [0.25, 0.3) is 11.1 Å². The summed E-state index contributed by atoms with van der Waals surface area (Å²) in [7, 11) is 3.25. The minimum Gasteiger partial charge on any atom is -0.496 e. The maximum atomic E-state index is 11.8. The molecule has 2 aromatic rings. The molecule has 23 heavy (non-hydrogen) atoms. The van der Waals surface area contributed by atoms with Crippen LogP contribution in [0.1, 0.15) is 35.9 Å². The average Bonchev–Trinajstić information content (AvgIpc) is 2.60. The molecule has 0 saturated carbocycles. The van der Waals surface area contributed by atoms with Gasteiger partial charge in [0.05, 0.1) is 13.2 Å². The molecule has 0 aliphatic heterocycles. The van der Waals surface area contributed by atoms with Crippen molar-refractivity contribution in [1.82, 2.24) is 5.32 Å². The molecule has 2 rings (SSSR count). The van der Waals surface area contributed by atoms with Crippen molar-refractivity contribution in [2.45, 2.75) is 20.0 Å². The molecule has 0 heterocycles. The molecule has 1 unspecified atom stereocenters. The van der Waals surface area contributed by atoms with Crippen molar-refractivity contribution in [2.75, 3.05) is 20.8 Å². The van der Waals surface area contributed by atoms with E-state index in [-0.39, 0.29) is 12.0 Å². The fraction of sp³-hybridized carbons (Fsp3) is 0.316. The Bertz CT molecular complexity index is 665. The molecule has 0 fully saturated rings. The number of carbonyl (C=O) groups excluding carboxylic acids is 1. The van der Waals surface area contributed by atoms with E-state index >= 15 is 0 Å². The molecule has 1 N–H and O–H groups in total. The molecular formula is C19H23NO3. The van der Waals surface area contributed by atoms with Crippen LogP contribution < -0.4 is 10.1 Å². The highest BCUT2D eigenvalue weighted by molar-refractivity contribution is 5.96. The molecule has 4 nitrogen and oxygen atoms in total. The second kappa shape index (κ2) is 7.79. The number of amides is 1. The molecule has 0 aliphatic rings. The van der Waals surface area contributed by atoms with Crippen LogP contribution in [0.4, 0.5) is 0 Å². The van der Waals surface area contributed by atoms with E-state index in [1.807, 2.05) is 50.2 Å². The molecule has 122 valence electrons. The van der Waals surface area contributed by atoms with Crippen molar-refractivity contribution in [3.63, 3.8) is 0 Å². The summed E-state index contributed by atoms with van der Waals surface area (Å²) < 4.78 is 11.0. The van der Waals surface area contributed by atoms with Gasteiger partial charge in [-0.25, -0.2) is 0 Å². The maximum Gasteiger partial charge on any atom is 0.251 e. The molecule has 1 amide bonds. The van der Waals surface area contributed by atoms with Crippen molar-refractivity contribution in [1.29, 1.82) is 0 Å². The Kier molecular flexibility index (Phi) is 5.77. The van der Waals surface area contributed by atoms with E-state index in [9.17, 15) is 4.79 Å². The monoisotopic (exact) mass is 313 g/mol. The largest absolute Gasteiger partial charge is 0.496 e. The Morgan fingerprint density at radius 2 is 1.87 bits per heavy atom. The van der Waals surface area contributed by atoms with E-state index in [0.29, 0.717) is 12.2 Å². The van der Waals surface area contributed by atoms with E-state index in [4.69, 9.17) is 9.47 Å². The summed E-state index contributed by atoms with van der Waals surface area (Å²) in [5, 5.41) is 2.64. The van der Waals surface area contributed by atoms with E-state index in [0.717, 1.165) is 22.4 Å². The highest BCUT2D eigenvalue weighted by Crippen LogP contribution is 2.32. The summed E-state index contributed by atoms with van der Waals surface area (Å²) in [6.45, 7) is 4.70. The zero-order chi connectivity index (χ0) is 16.8. The Hall–Kier alpha value is -2.33. The van der Waals surface area contributed by atoms with E-state index in [1.165, 1.54) is 0 Å². The first-order valence-corrected chi connectivity index (χ1v) is 7.72. The van der Waals surface area contributed by atoms with Crippen molar-refractivity contribution < 1.29 is 14.3 Å². The second-order valence-corrected chi connectivity index (χ2v) is 5.21. The first-order valence-electron chi connectivity index (χ1n) is 7.72. The fourth-order valence-electron chi connectivity index (χ4n) is 2.50. The van der Waals surface area contributed by atoms with Gasteiger partial charge in [0.25, 0.3) is 5.91 Å². The minimum absolute atomic E-state index is 0.0631. The van der Waals surface area contributed by atoms with Crippen LogP contribution in [0.2, 0.25) is 0 Å². The normalized spacial score (nSPS) is 11.8. The van der Waals surface area contributed by atoms with Gasteiger partial charge in [-0.1, -0.05) is 24.3 Å². The van der Waals surface area contributed by atoms with Crippen LogP contribution in [-0.4, -0.2) is 26.7 Å². The van der Waals surface area contributed by atoms with Gasteiger partial charge in [-0.05, 0) is 43.2 Å². The van der Waals surface area contributed by atoms with Gasteiger partial charge in [0, 0.05) is 24.8 Å². The quantitative estimate of drug-likeness (QED) is 0.882. The summed E-state index contributed by atoms with van der Waals surface area (Å²) in [6.07, 6.45) is 0.0631. The molecule has 0 aromatic heterocycles. The highest BCUT2D eigenvalue weighted by Gasteiger charge is 2.12. The summed E-state index contributed by atoms with van der Waals surface area (Å²) in [6, 6.07) is 13.6. The van der Waals surface area contributed by atoms with Crippen LogP contribution in [-0.2, 0) is 4.74 Å². The third-order valence-corrected chi connectivity index (χ3v) is 3.80. The molecular weight excluding hydrogens is 290 g/mol. The summed E-state index contributed by atoms with van der Waals surface area (Å²) in [4.78, 5) is 11.8. The number of nitrogens with one attached hydrogen (secondary N) is 1. The lowest BCUT2D eigenvalue weighted by molar-refractivity contribution is 0.0764. The highest BCUT2D eigenvalue weighted by atomic mass is 16.5. The van der Waals surface area contributed by atoms with Gasteiger partial charge in [0.15, 0.2) is 0 Å². The number of rotatable bonds is 6. The summed E-state index contributed by atoms with van der Waals surface area (Å²) >= 11 is 0. The van der Waals surface area contributed by atoms with Crippen LogP contribution >= 0.6 is 0 Å². The van der Waals surface area contributed by atoms with Gasteiger partial charge >= 0.3 is 0 Å². The Balaban J connectivity index is 2.38. The standard InChI is InChI=1S/C19H23NO3/c1-5-23-13(2)14-6-8-15(9-7-14)17-12-16(19(21)20-3)10-11-18(17)22-4/h6-13H,5H2,1-4H3,(H,20,21). The lowest BCUT2D eigenvalue weighted by atomic mass is 9.99. The molecule has 0 aliphatic carbocycles. The van der Waals surface area contributed by atoms with Crippen LogP contribution in [0.3, 0.4) is 0 Å². The molecule has 0 radical (unpaired) electrons. The van der Waals surface area contributed by atoms with Gasteiger partial charge < -0.3 is 14.8 Å². The number of benzene rings is 2. The summed E-state index contributed by atoms with van der Waals surface area (Å²) in [5.41, 5.74) is 3.62. The van der Waals surface area contributed by atoms with E-state index in [1.54, 1.807) is 20.2 Å². The number of ether oxygens (including phenoxy) is 2. The Morgan fingerprint density at radius 3 is 2.43 bits per heavy atom. The van der Waals surface area contributed by atoms with Gasteiger partial charge in [-0.15, -0.1) is 0 Å². The number of hydrogen-bond donors (Lipinski definition) is 1. The minimum atomic E-state index is -0.115. The smallest absolute Gasteiger partial charge is 0.251 e. The molecule has 4 heteroatoms. The first-order chi connectivity index (χ1) is 11.1. The SMILES string of the molecule is CCOC(C)c1ccc(-c2cc(C(=O)NC)ccc2OC)cc1. The predicted octanol–water partition coefficient (Wildman–Crippen LogP) is 3.82. The van der Waals surface area contributed by atoms with Crippen molar-refractivity contribution in [2.24, 2.45) is 0 Å². The number of hydrogen-bond acceptors (Lipinski definition) is 3. The van der Waals surface area contributed by atoms with Crippen molar-refractivity contribution in [3.8, 4) is 16.9 Å². The Morgan fingerprint density at radius 1 is 1.17 bits per heavy atom. The van der Waals surface area contributed by atoms with Gasteiger partial charge in [0.2, 0.25) is 0 Å². The zero-order valence-corrected chi connectivity index (χ0v) is 14.1. The van der Waals surface area contributed by atoms with E-state index < -0.39 is 0 Å². The van der Waals surface area contributed by atoms with Gasteiger partial charge in [-0.2, -0.15) is 0 Å². The molecule has 0 bridgehead atoms. The lowest BCUT2D eigenvalue weighted by Gasteiger charge is -2.14. The topological polar surface area (TPSA) is 47.6 Å². The van der Waals surface area contributed by atoms with Crippen LogP contribution in [0, 0.1) is 0 Å². The fourth-order valence-corrected chi connectivity index (χ4v) is 2.50. The number of carbonyl (C=O) groups is 1.